The van der Waals surface area contributed by atoms with Crippen molar-refractivity contribution < 1.29 is 18.1 Å². The molecule has 0 spiro atoms. The Balaban J connectivity index is 2.43. The Labute approximate surface area is 122 Å². The predicted molar refractivity (Wildman–Crippen MR) is 76.1 cm³/mol. The van der Waals surface area contributed by atoms with E-state index in [9.17, 15) is 23.3 Å². The van der Waals surface area contributed by atoms with Crippen LogP contribution in [0, 0.1) is 10.1 Å². The number of anilines is 1. The number of nitro groups is 1. The molecule has 0 bridgehead atoms. The summed E-state index contributed by atoms with van der Waals surface area (Å²) in [4.78, 5) is 24.8. The first-order chi connectivity index (χ1) is 9.70. The molecule has 1 fully saturated rings. The van der Waals surface area contributed by atoms with Crippen LogP contribution in [0.25, 0.3) is 0 Å². The molecule has 0 aromatic heterocycles. The van der Waals surface area contributed by atoms with Gasteiger partial charge in [0.1, 0.15) is 4.90 Å². The van der Waals surface area contributed by atoms with Crippen LogP contribution in [0.15, 0.2) is 23.1 Å². The van der Waals surface area contributed by atoms with Crippen LogP contribution in [0.1, 0.15) is 0 Å². The molecule has 114 valence electrons. The maximum absolute atomic E-state index is 11.7. The fourth-order valence-corrected chi connectivity index (χ4v) is 2.98. The van der Waals surface area contributed by atoms with Crippen molar-refractivity contribution in [1.82, 2.24) is 4.90 Å². The lowest BCUT2D eigenvalue weighted by atomic mass is 10.2. The molecule has 0 radical (unpaired) electrons. The quantitative estimate of drug-likeness (QED) is 0.587. The number of likely N-dealkylation sites (N-methyl/N-ethyl adjacent to an activating group) is 1. The minimum absolute atomic E-state index is 0.0829. The molecule has 2 rings (SSSR count). The van der Waals surface area contributed by atoms with E-state index in [1.165, 1.54) is 12.1 Å². The first kappa shape index (κ1) is 15.2. The number of piperazine rings is 1. The zero-order valence-corrected chi connectivity index (χ0v) is 12.5. The third-order valence-corrected chi connectivity index (χ3v) is 4.49. The molecule has 1 heterocycles. The summed E-state index contributed by atoms with van der Waals surface area (Å²) in [7, 11) is -2.04. The van der Waals surface area contributed by atoms with Crippen molar-refractivity contribution in [2.75, 3.05) is 37.8 Å². The fraction of sp³-hybridized carbons (Fsp3) is 0.417. The topological polar surface area (TPSA) is 101 Å². The summed E-state index contributed by atoms with van der Waals surface area (Å²) < 4.78 is 23.4. The average Bonchev–Trinajstić information content (AvgIpc) is 2.40. The Kier molecular flexibility index (Phi) is 3.86. The van der Waals surface area contributed by atoms with E-state index in [1.54, 1.807) is 16.8 Å². The molecule has 21 heavy (non-hydrogen) atoms. The highest BCUT2D eigenvalue weighted by Gasteiger charge is 2.26. The van der Waals surface area contributed by atoms with Gasteiger partial charge in [-0.1, -0.05) is 0 Å². The Morgan fingerprint density at radius 3 is 2.48 bits per heavy atom. The van der Waals surface area contributed by atoms with Gasteiger partial charge in [0.05, 0.1) is 11.5 Å². The van der Waals surface area contributed by atoms with E-state index in [0.717, 1.165) is 12.3 Å². The number of benzene rings is 1. The van der Waals surface area contributed by atoms with Gasteiger partial charge in [-0.15, -0.1) is 0 Å². The number of sulfone groups is 1. The number of rotatable bonds is 3. The summed E-state index contributed by atoms with van der Waals surface area (Å²) in [5.74, 6) is -0.0829. The van der Waals surface area contributed by atoms with Gasteiger partial charge < -0.3 is 9.80 Å². The Hall–Kier alpha value is -2.16. The number of carbonyl (C=O) groups is 1. The van der Waals surface area contributed by atoms with Crippen molar-refractivity contribution >= 4 is 27.1 Å². The van der Waals surface area contributed by atoms with Crippen molar-refractivity contribution in [1.29, 1.82) is 0 Å². The minimum Gasteiger partial charge on any atom is -0.360 e. The monoisotopic (exact) mass is 313 g/mol. The van der Waals surface area contributed by atoms with E-state index in [4.69, 9.17) is 0 Å². The highest BCUT2D eigenvalue weighted by molar-refractivity contribution is 7.90. The first-order valence-electron chi connectivity index (χ1n) is 6.17. The van der Waals surface area contributed by atoms with Gasteiger partial charge >= 0.3 is 0 Å². The van der Waals surface area contributed by atoms with Crippen molar-refractivity contribution in [2.24, 2.45) is 0 Å². The molecular weight excluding hydrogens is 298 g/mol. The summed E-state index contributed by atoms with van der Waals surface area (Å²) in [5.41, 5.74) is 0.0316. The molecular formula is C12H15N3O5S. The molecule has 8 nitrogen and oxygen atoms in total. The summed E-state index contributed by atoms with van der Waals surface area (Å²) in [6.07, 6.45) is 0.925. The van der Waals surface area contributed by atoms with Gasteiger partial charge in [0.25, 0.3) is 5.69 Å². The zero-order chi connectivity index (χ0) is 15.8. The van der Waals surface area contributed by atoms with Crippen LogP contribution in [0.5, 0.6) is 0 Å². The van der Waals surface area contributed by atoms with Crippen molar-refractivity contribution in [3.05, 3.63) is 28.3 Å². The third-order valence-electron chi connectivity index (χ3n) is 3.36. The van der Waals surface area contributed by atoms with E-state index in [0.29, 0.717) is 18.8 Å². The van der Waals surface area contributed by atoms with Crippen LogP contribution < -0.4 is 4.90 Å². The van der Waals surface area contributed by atoms with Gasteiger partial charge in [0, 0.05) is 38.1 Å². The Morgan fingerprint density at radius 1 is 1.29 bits per heavy atom. The van der Waals surface area contributed by atoms with Crippen molar-refractivity contribution in [2.45, 2.75) is 4.90 Å². The molecule has 1 aliphatic rings. The number of carbonyl (C=O) groups excluding carboxylic acids is 1. The number of hydrogen-bond acceptors (Lipinski definition) is 6. The molecule has 1 saturated heterocycles. The number of nitrogens with zero attached hydrogens (tertiary/aromatic N) is 3. The Bertz CT molecular complexity index is 701. The maximum atomic E-state index is 11.7. The van der Waals surface area contributed by atoms with E-state index in [-0.39, 0.29) is 17.3 Å². The van der Waals surface area contributed by atoms with Gasteiger partial charge in [-0.3, -0.25) is 14.9 Å². The van der Waals surface area contributed by atoms with Crippen LogP contribution in [-0.4, -0.2) is 57.1 Å². The van der Waals surface area contributed by atoms with Crippen molar-refractivity contribution in [3.63, 3.8) is 0 Å². The second kappa shape index (κ2) is 5.32. The highest BCUT2D eigenvalue weighted by Crippen LogP contribution is 2.29. The molecule has 1 amide bonds. The van der Waals surface area contributed by atoms with E-state index >= 15 is 0 Å². The SMILES string of the molecule is CN1CCN(c2ccc([N+](=O)[O-])c(S(C)(=O)=O)c2)CC1=O. The van der Waals surface area contributed by atoms with Gasteiger partial charge in [-0.25, -0.2) is 8.42 Å². The lowest BCUT2D eigenvalue weighted by Crippen LogP contribution is -2.48. The predicted octanol–water partition coefficient (Wildman–Crippen LogP) is 0.277. The summed E-state index contributed by atoms with van der Waals surface area (Å²) >= 11 is 0. The average molecular weight is 313 g/mol. The van der Waals surface area contributed by atoms with Crippen LogP contribution in [-0.2, 0) is 14.6 Å². The van der Waals surface area contributed by atoms with Gasteiger partial charge in [0.15, 0.2) is 9.84 Å². The fourth-order valence-electron chi connectivity index (χ4n) is 2.13. The van der Waals surface area contributed by atoms with Crippen LogP contribution in [0.4, 0.5) is 11.4 Å². The zero-order valence-electron chi connectivity index (χ0n) is 11.6. The minimum atomic E-state index is -3.73. The maximum Gasteiger partial charge on any atom is 0.288 e. The van der Waals surface area contributed by atoms with Gasteiger partial charge in [0.2, 0.25) is 5.91 Å². The number of amides is 1. The summed E-state index contributed by atoms with van der Waals surface area (Å²) in [5, 5.41) is 10.9. The second-order valence-corrected chi connectivity index (χ2v) is 6.90. The third kappa shape index (κ3) is 3.13. The summed E-state index contributed by atoms with van der Waals surface area (Å²) in [6.45, 7) is 1.19. The van der Waals surface area contributed by atoms with Crippen LogP contribution >= 0.6 is 0 Å². The van der Waals surface area contributed by atoms with E-state index in [1.807, 2.05) is 0 Å². The second-order valence-electron chi connectivity index (χ2n) is 4.92. The van der Waals surface area contributed by atoms with Crippen LogP contribution in [0.2, 0.25) is 0 Å². The summed E-state index contributed by atoms with van der Waals surface area (Å²) in [6, 6.07) is 3.88. The molecule has 0 N–H and O–H groups in total. The van der Waals surface area contributed by atoms with E-state index < -0.39 is 20.4 Å². The van der Waals surface area contributed by atoms with Gasteiger partial charge in [-0.2, -0.15) is 0 Å². The molecule has 0 aliphatic carbocycles. The standard InChI is InChI=1S/C12H15N3O5S/c1-13-5-6-14(8-12(13)16)9-3-4-10(15(17)18)11(7-9)21(2,19)20/h3-4,7H,5-6,8H2,1-2H3. The molecule has 1 aliphatic heterocycles. The van der Waals surface area contributed by atoms with Crippen LogP contribution in [0.3, 0.4) is 0 Å². The molecule has 9 heteroatoms. The molecule has 1 aromatic carbocycles. The smallest absolute Gasteiger partial charge is 0.288 e. The highest BCUT2D eigenvalue weighted by atomic mass is 32.2. The Morgan fingerprint density at radius 2 is 1.95 bits per heavy atom. The molecule has 0 atom stereocenters. The van der Waals surface area contributed by atoms with Crippen molar-refractivity contribution in [3.8, 4) is 0 Å². The van der Waals surface area contributed by atoms with E-state index in [2.05, 4.69) is 0 Å². The van der Waals surface area contributed by atoms with Gasteiger partial charge in [-0.05, 0) is 12.1 Å². The first-order valence-corrected chi connectivity index (χ1v) is 8.06. The number of hydrogen-bond donors (Lipinski definition) is 0. The lowest BCUT2D eigenvalue weighted by molar-refractivity contribution is -0.387. The molecule has 1 aromatic rings. The molecule has 0 saturated carbocycles. The normalized spacial score (nSPS) is 16.2. The molecule has 0 unspecified atom stereocenters. The lowest BCUT2D eigenvalue weighted by Gasteiger charge is -2.33. The number of nitro benzene ring substituents is 1. The largest absolute Gasteiger partial charge is 0.360 e.